The van der Waals surface area contributed by atoms with Gasteiger partial charge in [-0.1, -0.05) is 12.1 Å². The molecule has 0 radical (unpaired) electrons. The van der Waals surface area contributed by atoms with Crippen LogP contribution in [0, 0.1) is 0 Å². The number of pyridine rings is 1. The number of sulfonamides is 1. The molecular weight excluding hydrogens is 286 g/mol. The third-order valence-corrected chi connectivity index (χ3v) is 4.47. The number of nitrogen functional groups attached to an aromatic ring is 1. The van der Waals surface area contributed by atoms with Crippen molar-refractivity contribution >= 4 is 32.3 Å². The van der Waals surface area contributed by atoms with Gasteiger partial charge in [0.2, 0.25) is 0 Å². The second kappa shape index (κ2) is 5.06. The summed E-state index contributed by atoms with van der Waals surface area (Å²) in [5.41, 5.74) is 7.22. The summed E-state index contributed by atoms with van der Waals surface area (Å²) in [5.74, 6) is 0. The molecule has 5 nitrogen and oxygen atoms in total. The molecule has 2 aromatic carbocycles. The van der Waals surface area contributed by atoms with Crippen molar-refractivity contribution in [3.05, 3.63) is 60.8 Å². The predicted molar refractivity (Wildman–Crippen MR) is 83.4 cm³/mol. The molecule has 0 bridgehead atoms. The second-order valence-electron chi connectivity index (χ2n) is 4.56. The van der Waals surface area contributed by atoms with Crippen LogP contribution in [0.2, 0.25) is 0 Å². The van der Waals surface area contributed by atoms with Crippen LogP contribution in [-0.4, -0.2) is 13.4 Å². The summed E-state index contributed by atoms with van der Waals surface area (Å²) >= 11 is 0. The van der Waals surface area contributed by atoms with E-state index in [1.165, 1.54) is 0 Å². The minimum atomic E-state index is -3.70. The van der Waals surface area contributed by atoms with Crippen molar-refractivity contribution in [1.29, 1.82) is 0 Å². The summed E-state index contributed by atoms with van der Waals surface area (Å²) in [6.07, 6.45) is 1.63. The molecule has 1 aromatic heterocycles. The molecule has 106 valence electrons. The molecule has 3 N–H and O–H groups in total. The summed E-state index contributed by atoms with van der Waals surface area (Å²) in [6, 6.07) is 15.0. The van der Waals surface area contributed by atoms with Crippen molar-refractivity contribution in [3.8, 4) is 0 Å². The van der Waals surface area contributed by atoms with Crippen LogP contribution >= 0.6 is 0 Å². The van der Waals surface area contributed by atoms with Gasteiger partial charge in [-0.15, -0.1) is 0 Å². The quantitative estimate of drug-likeness (QED) is 0.728. The Morgan fingerprint density at radius 2 is 1.81 bits per heavy atom. The van der Waals surface area contributed by atoms with Crippen LogP contribution < -0.4 is 10.5 Å². The molecule has 0 unspecified atom stereocenters. The number of nitrogens with zero attached hydrogens (tertiary/aromatic N) is 1. The number of anilines is 2. The predicted octanol–water partition coefficient (Wildman–Crippen LogP) is 2.62. The van der Waals surface area contributed by atoms with Crippen LogP contribution in [0.5, 0.6) is 0 Å². The largest absolute Gasteiger partial charge is 0.399 e. The van der Waals surface area contributed by atoms with Crippen molar-refractivity contribution in [2.24, 2.45) is 0 Å². The fourth-order valence-corrected chi connectivity index (χ4v) is 3.39. The van der Waals surface area contributed by atoms with E-state index >= 15 is 0 Å². The lowest BCUT2D eigenvalue weighted by molar-refractivity contribution is 0.602. The van der Waals surface area contributed by atoms with Crippen LogP contribution in [0.4, 0.5) is 11.4 Å². The van der Waals surface area contributed by atoms with E-state index in [9.17, 15) is 8.42 Å². The highest BCUT2D eigenvalue weighted by atomic mass is 32.2. The first-order valence-electron chi connectivity index (χ1n) is 6.28. The maximum Gasteiger partial charge on any atom is 0.262 e. The lowest BCUT2D eigenvalue weighted by Crippen LogP contribution is -2.13. The molecule has 21 heavy (non-hydrogen) atoms. The summed E-state index contributed by atoms with van der Waals surface area (Å²) in [4.78, 5) is 4.35. The average Bonchev–Trinajstić information content (AvgIpc) is 2.46. The highest BCUT2D eigenvalue weighted by Crippen LogP contribution is 2.24. The molecule has 0 aliphatic carbocycles. The Morgan fingerprint density at radius 3 is 2.62 bits per heavy atom. The van der Waals surface area contributed by atoms with E-state index in [0.29, 0.717) is 22.3 Å². The molecule has 6 heteroatoms. The third-order valence-electron chi connectivity index (χ3n) is 3.03. The van der Waals surface area contributed by atoms with Gasteiger partial charge in [0.1, 0.15) is 0 Å². The van der Waals surface area contributed by atoms with Gasteiger partial charge in [0.25, 0.3) is 10.0 Å². The zero-order chi connectivity index (χ0) is 14.9. The lowest BCUT2D eigenvalue weighted by atomic mass is 10.2. The van der Waals surface area contributed by atoms with E-state index in [0.717, 1.165) is 0 Å². The lowest BCUT2D eigenvalue weighted by Gasteiger charge is -2.10. The normalized spacial score (nSPS) is 11.4. The number of fused-ring (bicyclic) bond motifs is 1. The van der Waals surface area contributed by atoms with E-state index in [1.807, 2.05) is 0 Å². The SMILES string of the molecule is Nc1cccc(NS(=O)(=O)c2cccc3ncccc23)c1. The Kier molecular flexibility index (Phi) is 3.23. The monoisotopic (exact) mass is 299 g/mol. The number of rotatable bonds is 3. The smallest absolute Gasteiger partial charge is 0.262 e. The van der Waals surface area contributed by atoms with Crippen LogP contribution in [0.1, 0.15) is 0 Å². The summed E-state index contributed by atoms with van der Waals surface area (Å²) < 4.78 is 27.6. The van der Waals surface area contributed by atoms with Gasteiger partial charge in [0.05, 0.1) is 16.1 Å². The number of nitrogens with two attached hydrogens (primary N) is 1. The van der Waals surface area contributed by atoms with Gasteiger partial charge in [-0.05, 0) is 42.5 Å². The highest BCUT2D eigenvalue weighted by Gasteiger charge is 2.17. The Morgan fingerprint density at radius 1 is 1.00 bits per heavy atom. The Labute approximate surface area is 122 Å². The van der Waals surface area contributed by atoms with Gasteiger partial charge in [0.15, 0.2) is 0 Å². The Hall–Kier alpha value is -2.60. The first-order chi connectivity index (χ1) is 10.1. The third kappa shape index (κ3) is 2.66. The molecule has 3 aromatic rings. The average molecular weight is 299 g/mol. The van der Waals surface area contributed by atoms with Crippen LogP contribution in [0.15, 0.2) is 65.7 Å². The molecule has 1 heterocycles. The fourth-order valence-electron chi connectivity index (χ4n) is 2.12. The van der Waals surface area contributed by atoms with Gasteiger partial charge in [0, 0.05) is 17.3 Å². The van der Waals surface area contributed by atoms with Gasteiger partial charge in [-0.3, -0.25) is 9.71 Å². The molecule has 3 rings (SSSR count). The molecule has 0 saturated carbocycles. The van der Waals surface area contributed by atoms with E-state index < -0.39 is 10.0 Å². The van der Waals surface area contributed by atoms with Gasteiger partial charge in [-0.2, -0.15) is 0 Å². The minimum Gasteiger partial charge on any atom is -0.399 e. The fraction of sp³-hybridized carbons (Fsp3) is 0. The topological polar surface area (TPSA) is 85.1 Å². The van der Waals surface area contributed by atoms with Crippen LogP contribution in [0.3, 0.4) is 0 Å². The molecule has 0 aliphatic rings. The zero-order valence-electron chi connectivity index (χ0n) is 11.0. The van der Waals surface area contributed by atoms with Gasteiger partial charge < -0.3 is 5.73 Å². The molecule has 0 amide bonds. The molecule has 0 spiro atoms. The molecular formula is C15H13N3O2S. The van der Waals surface area contributed by atoms with E-state index in [4.69, 9.17) is 5.73 Å². The van der Waals surface area contributed by atoms with E-state index in [2.05, 4.69) is 9.71 Å². The maximum absolute atomic E-state index is 12.5. The summed E-state index contributed by atoms with van der Waals surface area (Å²) in [5, 5.41) is 0.580. The molecule has 0 saturated heterocycles. The first-order valence-corrected chi connectivity index (χ1v) is 7.77. The first kappa shape index (κ1) is 13.4. The van der Waals surface area contributed by atoms with Gasteiger partial charge >= 0.3 is 0 Å². The number of aromatic nitrogens is 1. The minimum absolute atomic E-state index is 0.190. The maximum atomic E-state index is 12.5. The standard InChI is InChI=1S/C15H13N3O2S/c16-11-4-1-5-12(10-11)18-21(19,20)15-8-2-7-14-13(15)6-3-9-17-14/h1-10,18H,16H2. The van der Waals surface area contributed by atoms with Crippen LogP contribution in [0.25, 0.3) is 10.9 Å². The van der Waals surface area contributed by atoms with Crippen LogP contribution in [-0.2, 0) is 10.0 Å². The second-order valence-corrected chi connectivity index (χ2v) is 6.21. The van der Waals surface area contributed by atoms with Crippen molar-refractivity contribution in [3.63, 3.8) is 0 Å². The summed E-state index contributed by atoms with van der Waals surface area (Å²) in [6.45, 7) is 0. The summed E-state index contributed by atoms with van der Waals surface area (Å²) in [7, 11) is -3.70. The molecule has 0 aliphatic heterocycles. The van der Waals surface area contributed by atoms with Gasteiger partial charge in [-0.25, -0.2) is 8.42 Å². The number of hydrogen-bond acceptors (Lipinski definition) is 4. The van der Waals surface area contributed by atoms with Crippen molar-refractivity contribution in [2.75, 3.05) is 10.5 Å². The zero-order valence-corrected chi connectivity index (χ0v) is 11.8. The van der Waals surface area contributed by atoms with Crippen molar-refractivity contribution < 1.29 is 8.42 Å². The van der Waals surface area contributed by atoms with E-state index in [-0.39, 0.29) is 4.90 Å². The van der Waals surface area contributed by atoms with Crippen molar-refractivity contribution in [2.45, 2.75) is 4.90 Å². The number of nitrogens with one attached hydrogen (secondary N) is 1. The van der Waals surface area contributed by atoms with E-state index in [1.54, 1.807) is 60.8 Å². The Bertz CT molecular complexity index is 902. The van der Waals surface area contributed by atoms with Crippen molar-refractivity contribution in [1.82, 2.24) is 4.98 Å². The highest BCUT2D eigenvalue weighted by molar-refractivity contribution is 7.93. The number of hydrogen-bond donors (Lipinski definition) is 2. The molecule has 0 fully saturated rings. The Balaban J connectivity index is 2.09. The molecule has 0 atom stereocenters. The number of benzene rings is 2.